The number of halogens is 1. The molecule has 0 fully saturated rings. The molecule has 0 saturated carbocycles. The van der Waals surface area contributed by atoms with Gasteiger partial charge in [0.15, 0.2) is 5.78 Å². The molecule has 3 rings (SSSR count). The molecule has 0 atom stereocenters. The van der Waals surface area contributed by atoms with Crippen molar-refractivity contribution in [1.82, 2.24) is 0 Å². The Labute approximate surface area is 144 Å². The second-order valence-electron chi connectivity index (χ2n) is 5.16. The fourth-order valence-electron chi connectivity index (χ4n) is 2.51. The van der Waals surface area contributed by atoms with E-state index in [9.17, 15) is 4.79 Å². The lowest BCUT2D eigenvalue weighted by atomic mass is 9.94. The van der Waals surface area contributed by atoms with E-state index in [-0.39, 0.29) is 5.78 Å². The summed E-state index contributed by atoms with van der Waals surface area (Å²) in [5.41, 5.74) is 3.81. The molecule has 3 aromatic rings. The summed E-state index contributed by atoms with van der Waals surface area (Å²) in [6.45, 7) is 0. The topological polar surface area (TPSA) is 17.1 Å². The van der Waals surface area contributed by atoms with Crippen molar-refractivity contribution in [2.45, 2.75) is 6.42 Å². The summed E-state index contributed by atoms with van der Waals surface area (Å²) in [6, 6.07) is 25.7. The highest BCUT2D eigenvalue weighted by atomic mass is 127. The Hall–Kier alpha value is -1.94. The Morgan fingerprint density at radius 1 is 0.818 bits per heavy atom. The van der Waals surface area contributed by atoms with E-state index in [1.54, 1.807) is 0 Å². The molecule has 0 N–H and O–H groups in total. The molecule has 0 aromatic heterocycles. The lowest BCUT2D eigenvalue weighted by Gasteiger charge is -2.09. The van der Waals surface area contributed by atoms with Crippen molar-refractivity contribution in [2.75, 3.05) is 0 Å². The molecule has 0 radical (unpaired) electrons. The third kappa shape index (κ3) is 3.45. The Kier molecular flexibility index (Phi) is 4.68. The summed E-state index contributed by atoms with van der Waals surface area (Å²) in [4.78, 5) is 12.7. The first-order valence-corrected chi connectivity index (χ1v) is 8.24. The fourth-order valence-corrected chi connectivity index (χ4v) is 3.12. The summed E-state index contributed by atoms with van der Waals surface area (Å²) in [5, 5.41) is 0. The minimum absolute atomic E-state index is 0.0850. The second kappa shape index (κ2) is 6.88. The van der Waals surface area contributed by atoms with E-state index in [1.165, 1.54) is 9.13 Å². The van der Waals surface area contributed by atoms with Gasteiger partial charge in [-0.1, -0.05) is 66.7 Å². The molecule has 1 nitrogen and oxygen atoms in total. The van der Waals surface area contributed by atoms with Crippen LogP contribution in [0.15, 0.2) is 78.9 Å². The largest absolute Gasteiger partial charge is 0.289 e. The molecule has 3 aromatic carbocycles. The third-order valence-electron chi connectivity index (χ3n) is 3.58. The van der Waals surface area contributed by atoms with Gasteiger partial charge in [-0.05, 0) is 52.3 Å². The van der Waals surface area contributed by atoms with Gasteiger partial charge in [-0.25, -0.2) is 0 Å². The van der Waals surface area contributed by atoms with Gasteiger partial charge in [0.25, 0.3) is 0 Å². The molecule has 0 aliphatic rings. The van der Waals surface area contributed by atoms with E-state index in [1.807, 2.05) is 54.6 Å². The van der Waals surface area contributed by atoms with Gasteiger partial charge in [-0.3, -0.25) is 4.79 Å². The third-order valence-corrected chi connectivity index (χ3v) is 4.25. The first-order valence-electron chi connectivity index (χ1n) is 7.16. The molecule has 2 heteroatoms. The SMILES string of the molecule is O=C(c1ccccc1)c1ccccc1Cc1cccc(I)c1. The quantitative estimate of drug-likeness (QED) is 0.441. The van der Waals surface area contributed by atoms with Crippen molar-refractivity contribution >= 4 is 28.4 Å². The summed E-state index contributed by atoms with van der Waals surface area (Å²) in [5.74, 6) is 0.0850. The van der Waals surface area contributed by atoms with Gasteiger partial charge in [0.05, 0.1) is 0 Å². The summed E-state index contributed by atoms with van der Waals surface area (Å²) in [7, 11) is 0. The van der Waals surface area contributed by atoms with Crippen molar-refractivity contribution < 1.29 is 4.79 Å². The predicted molar refractivity (Wildman–Crippen MR) is 98.3 cm³/mol. The van der Waals surface area contributed by atoms with Crippen molar-refractivity contribution in [3.63, 3.8) is 0 Å². The van der Waals surface area contributed by atoms with E-state index in [0.717, 1.165) is 23.1 Å². The van der Waals surface area contributed by atoms with Crippen molar-refractivity contribution in [3.05, 3.63) is 105 Å². The van der Waals surface area contributed by atoms with Crippen LogP contribution in [-0.2, 0) is 6.42 Å². The Balaban J connectivity index is 1.95. The van der Waals surface area contributed by atoms with E-state index < -0.39 is 0 Å². The van der Waals surface area contributed by atoms with Crippen molar-refractivity contribution in [1.29, 1.82) is 0 Å². The van der Waals surface area contributed by atoms with Crippen LogP contribution in [0.5, 0.6) is 0 Å². The average molecular weight is 398 g/mol. The molecule has 22 heavy (non-hydrogen) atoms. The Bertz CT molecular complexity index is 794. The number of carbonyl (C=O) groups excluding carboxylic acids is 1. The highest BCUT2D eigenvalue weighted by molar-refractivity contribution is 14.1. The zero-order valence-corrected chi connectivity index (χ0v) is 14.2. The smallest absolute Gasteiger partial charge is 0.193 e. The Morgan fingerprint density at radius 2 is 1.55 bits per heavy atom. The van der Waals surface area contributed by atoms with E-state index >= 15 is 0 Å². The predicted octanol–water partition coefficient (Wildman–Crippen LogP) is 5.11. The van der Waals surface area contributed by atoms with Crippen LogP contribution < -0.4 is 0 Å². The normalized spacial score (nSPS) is 10.4. The van der Waals surface area contributed by atoms with Gasteiger partial charge >= 0.3 is 0 Å². The molecule has 0 aliphatic carbocycles. The average Bonchev–Trinajstić information content (AvgIpc) is 2.56. The van der Waals surface area contributed by atoms with Gasteiger partial charge < -0.3 is 0 Å². The van der Waals surface area contributed by atoms with E-state index in [2.05, 4.69) is 46.9 Å². The summed E-state index contributed by atoms with van der Waals surface area (Å²) in [6.07, 6.45) is 0.769. The number of hydrogen-bond donors (Lipinski definition) is 0. The first-order chi connectivity index (χ1) is 10.7. The highest BCUT2D eigenvalue weighted by Gasteiger charge is 2.13. The maximum Gasteiger partial charge on any atom is 0.193 e. The van der Waals surface area contributed by atoms with E-state index in [4.69, 9.17) is 0 Å². The number of benzene rings is 3. The maximum atomic E-state index is 12.7. The van der Waals surface area contributed by atoms with Gasteiger partial charge in [-0.15, -0.1) is 0 Å². The molecule has 0 bridgehead atoms. The molecule has 0 aliphatic heterocycles. The Morgan fingerprint density at radius 3 is 2.32 bits per heavy atom. The van der Waals surface area contributed by atoms with Gasteiger partial charge in [0.2, 0.25) is 0 Å². The van der Waals surface area contributed by atoms with Gasteiger partial charge in [0, 0.05) is 14.7 Å². The van der Waals surface area contributed by atoms with Crippen molar-refractivity contribution in [3.8, 4) is 0 Å². The van der Waals surface area contributed by atoms with Gasteiger partial charge in [-0.2, -0.15) is 0 Å². The monoisotopic (exact) mass is 398 g/mol. The van der Waals surface area contributed by atoms with Crippen molar-refractivity contribution in [2.24, 2.45) is 0 Å². The maximum absolute atomic E-state index is 12.7. The number of ketones is 1. The molecule has 0 spiro atoms. The van der Waals surface area contributed by atoms with Crippen LogP contribution >= 0.6 is 22.6 Å². The van der Waals surface area contributed by atoms with Crippen LogP contribution in [0.1, 0.15) is 27.0 Å². The molecular weight excluding hydrogens is 383 g/mol. The number of rotatable bonds is 4. The zero-order chi connectivity index (χ0) is 15.4. The van der Waals surface area contributed by atoms with Crippen LogP contribution in [0.25, 0.3) is 0 Å². The molecule has 0 amide bonds. The zero-order valence-electron chi connectivity index (χ0n) is 12.0. The molecule has 0 unspecified atom stereocenters. The summed E-state index contributed by atoms with van der Waals surface area (Å²) >= 11 is 2.31. The standard InChI is InChI=1S/C20H15IO/c21-18-11-6-7-15(14-18)13-17-10-4-5-12-19(17)20(22)16-8-2-1-3-9-16/h1-12,14H,13H2. The molecule has 0 saturated heterocycles. The van der Waals surface area contributed by atoms with Crippen LogP contribution in [0.4, 0.5) is 0 Å². The summed E-state index contributed by atoms with van der Waals surface area (Å²) < 4.78 is 1.21. The van der Waals surface area contributed by atoms with Crippen LogP contribution in [0, 0.1) is 3.57 Å². The van der Waals surface area contributed by atoms with Crippen LogP contribution in [-0.4, -0.2) is 5.78 Å². The van der Waals surface area contributed by atoms with Crippen LogP contribution in [0.2, 0.25) is 0 Å². The fraction of sp³-hybridized carbons (Fsp3) is 0.0500. The van der Waals surface area contributed by atoms with Gasteiger partial charge in [0.1, 0.15) is 0 Å². The number of carbonyl (C=O) groups is 1. The second-order valence-corrected chi connectivity index (χ2v) is 6.40. The molecule has 108 valence electrons. The van der Waals surface area contributed by atoms with E-state index in [0.29, 0.717) is 0 Å². The first kappa shape index (κ1) is 15.0. The number of hydrogen-bond acceptors (Lipinski definition) is 1. The lowest BCUT2D eigenvalue weighted by molar-refractivity contribution is 0.103. The highest BCUT2D eigenvalue weighted by Crippen LogP contribution is 2.19. The van der Waals surface area contributed by atoms with Crippen LogP contribution in [0.3, 0.4) is 0 Å². The molecular formula is C20H15IO. The lowest BCUT2D eigenvalue weighted by Crippen LogP contribution is -2.05. The molecule has 0 heterocycles. The minimum Gasteiger partial charge on any atom is -0.289 e. The minimum atomic E-state index is 0.0850.